The number of ether oxygens (including phenoxy) is 2. The van der Waals surface area contributed by atoms with Crippen molar-refractivity contribution in [3.63, 3.8) is 0 Å². The molecule has 0 fully saturated rings. The Bertz CT molecular complexity index is 421. The van der Waals surface area contributed by atoms with E-state index < -0.39 is 0 Å². The van der Waals surface area contributed by atoms with E-state index in [-0.39, 0.29) is 5.41 Å². The maximum absolute atomic E-state index is 5.68. The van der Waals surface area contributed by atoms with Crippen molar-refractivity contribution in [2.75, 3.05) is 20.8 Å². The molecule has 0 aliphatic rings. The van der Waals surface area contributed by atoms with Gasteiger partial charge in [-0.2, -0.15) is 0 Å². The lowest BCUT2D eigenvalue weighted by Crippen LogP contribution is -2.14. The van der Waals surface area contributed by atoms with Crippen LogP contribution in [0.4, 0.5) is 0 Å². The van der Waals surface area contributed by atoms with E-state index in [9.17, 15) is 0 Å². The summed E-state index contributed by atoms with van der Waals surface area (Å²) in [6.45, 7) is 9.45. The van der Waals surface area contributed by atoms with Gasteiger partial charge >= 0.3 is 0 Å². The van der Waals surface area contributed by atoms with Crippen LogP contribution in [0.1, 0.15) is 51.2 Å². The molecule has 1 unspecified atom stereocenters. The van der Waals surface area contributed by atoms with Crippen LogP contribution >= 0.6 is 0 Å². The highest BCUT2D eigenvalue weighted by atomic mass is 16.5. The van der Waals surface area contributed by atoms with E-state index in [4.69, 9.17) is 15.2 Å². The molecule has 3 nitrogen and oxygen atoms in total. The van der Waals surface area contributed by atoms with Gasteiger partial charge in [-0.1, -0.05) is 33.8 Å². The predicted octanol–water partition coefficient (Wildman–Crippen LogP) is 3.45. The van der Waals surface area contributed by atoms with Crippen molar-refractivity contribution in [1.29, 1.82) is 0 Å². The summed E-state index contributed by atoms with van der Waals surface area (Å²) in [5.74, 6) is 1.99. The second kappa shape index (κ2) is 6.29. The van der Waals surface area contributed by atoms with Gasteiger partial charge in [0.25, 0.3) is 0 Å². The maximum Gasteiger partial charge on any atom is 0.164 e. The average Bonchev–Trinajstić information content (AvgIpc) is 2.36. The van der Waals surface area contributed by atoms with Crippen molar-refractivity contribution >= 4 is 0 Å². The van der Waals surface area contributed by atoms with E-state index in [2.05, 4.69) is 39.8 Å². The van der Waals surface area contributed by atoms with Crippen LogP contribution < -0.4 is 15.2 Å². The first kappa shape index (κ1) is 15.8. The summed E-state index contributed by atoms with van der Waals surface area (Å²) in [5.41, 5.74) is 8.19. The summed E-state index contributed by atoms with van der Waals surface area (Å²) in [4.78, 5) is 0. The highest BCUT2D eigenvalue weighted by Gasteiger charge is 2.22. The van der Waals surface area contributed by atoms with E-state index in [1.807, 2.05) is 0 Å². The summed E-state index contributed by atoms with van der Waals surface area (Å²) < 4.78 is 11.0. The highest BCUT2D eigenvalue weighted by Crippen LogP contribution is 2.40. The zero-order valence-corrected chi connectivity index (χ0v) is 13.0. The van der Waals surface area contributed by atoms with Crippen molar-refractivity contribution in [3.8, 4) is 11.5 Å². The molecule has 0 heterocycles. The third kappa shape index (κ3) is 3.63. The Morgan fingerprint density at radius 2 is 1.79 bits per heavy atom. The van der Waals surface area contributed by atoms with Crippen molar-refractivity contribution in [2.24, 2.45) is 5.73 Å². The van der Waals surface area contributed by atoms with Gasteiger partial charge in [-0.25, -0.2) is 0 Å². The first-order valence-corrected chi connectivity index (χ1v) is 6.81. The highest BCUT2D eigenvalue weighted by molar-refractivity contribution is 5.52. The molecule has 0 bridgehead atoms. The molecular formula is C16H27NO2. The van der Waals surface area contributed by atoms with Crippen LogP contribution in [0.5, 0.6) is 11.5 Å². The second-order valence-electron chi connectivity index (χ2n) is 6.03. The molecule has 0 radical (unpaired) electrons. The van der Waals surface area contributed by atoms with Gasteiger partial charge in [0, 0.05) is 5.56 Å². The van der Waals surface area contributed by atoms with Crippen molar-refractivity contribution in [3.05, 3.63) is 23.3 Å². The predicted molar refractivity (Wildman–Crippen MR) is 80.3 cm³/mol. The lowest BCUT2D eigenvalue weighted by atomic mass is 9.83. The fourth-order valence-corrected chi connectivity index (χ4v) is 2.20. The van der Waals surface area contributed by atoms with Crippen molar-refractivity contribution in [2.45, 2.75) is 45.4 Å². The molecule has 1 rings (SSSR count). The molecule has 2 N–H and O–H groups in total. The first-order valence-electron chi connectivity index (χ1n) is 6.81. The van der Waals surface area contributed by atoms with Crippen LogP contribution in [0.3, 0.4) is 0 Å². The Kier molecular flexibility index (Phi) is 5.24. The Hall–Kier alpha value is -1.22. The number of methoxy groups -OCH3 is 2. The molecule has 0 aromatic heterocycles. The molecule has 0 aliphatic heterocycles. The second-order valence-corrected chi connectivity index (χ2v) is 6.03. The zero-order valence-electron chi connectivity index (χ0n) is 13.0. The number of hydrogen-bond donors (Lipinski definition) is 1. The van der Waals surface area contributed by atoms with E-state index in [1.165, 1.54) is 11.1 Å². The van der Waals surface area contributed by atoms with Crippen molar-refractivity contribution in [1.82, 2.24) is 0 Å². The molecule has 3 heteroatoms. The van der Waals surface area contributed by atoms with Crippen LogP contribution in [-0.2, 0) is 5.41 Å². The summed E-state index contributed by atoms with van der Waals surface area (Å²) in [6, 6.07) is 4.29. The SMILES string of the molecule is COc1cc(C(C)(C)C)cc(C(C)CCN)c1OC. The minimum absolute atomic E-state index is 0.0801. The standard InChI is InChI=1S/C16H27NO2/c1-11(7-8-17)13-9-12(16(2,3)4)10-14(18-5)15(13)19-6/h9-11H,7-8,17H2,1-6H3. The van der Waals surface area contributed by atoms with E-state index in [0.29, 0.717) is 12.5 Å². The van der Waals surface area contributed by atoms with Gasteiger partial charge in [0.15, 0.2) is 11.5 Å². The minimum Gasteiger partial charge on any atom is -0.493 e. The molecule has 1 aromatic rings. The van der Waals surface area contributed by atoms with Gasteiger partial charge in [-0.15, -0.1) is 0 Å². The Morgan fingerprint density at radius 3 is 2.21 bits per heavy atom. The monoisotopic (exact) mass is 265 g/mol. The largest absolute Gasteiger partial charge is 0.493 e. The molecule has 0 saturated heterocycles. The molecule has 0 spiro atoms. The fourth-order valence-electron chi connectivity index (χ4n) is 2.20. The number of nitrogens with two attached hydrogens (primary N) is 1. The van der Waals surface area contributed by atoms with Gasteiger partial charge < -0.3 is 15.2 Å². The lowest BCUT2D eigenvalue weighted by Gasteiger charge is -2.25. The average molecular weight is 265 g/mol. The number of rotatable bonds is 5. The van der Waals surface area contributed by atoms with Crippen LogP contribution in [0.15, 0.2) is 12.1 Å². The topological polar surface area (TPSA) is 44.5 Å². The van der Waals surface area contributed by atoms with Gasteiger partial charge in [-0.3, -0.25) is 0 Å². The third-order valence-electron chi connectivity index (χ3n) is 3.50. The Morgan fingerprint density at radius 1 is 1.16 bits per heavy atom. The fraction of sp³-hybridized carbons (Fsp3) is 0.625. The van der Waals surface area contributed by atoms with E-state index in [0.717, 1.165) is 17.9 Å². The molecule has 108 valence electrons. The number of benzene rings is 1. The van der Waals surface area contributed by atoms with Crippen LogP contribution in [-0.4, -0.2) is 20.8 Å². The summed E-state index contributed by atoms with van der Waals surface area (Å²) in [6.07, 6.45) is 0.938. The Labute approximate surface area is 117 Å². The van der Waals surface area contributed by atoms with Gasteiger partial charge in [0.2, 0.25) is 0 Å². The molecular weight excluding hydrogens is 238 g/mol. The van der Waals surface area contributed by atoms with Gasteiger partial charge in [0.05, 0.1) is 14.2 Å². The third-order valence-corrected chi connectivity index (χ3v) is 3.50. The van der Waals surface area contributed by atoms with Crippen LogP contribution in [0.2, 0.25) is 0 Å². The zero-order chi connectivity index (χ0) is 14.6. The molecule has 1 atom stereocenters. The lowest BCUT2D eigenvalue weighted by molar-refractivity contribution is 0.348. The molecule has 1 aromatic carbocycles. The summed E-state index contributed by atoms with van der Waals surface area (Å²) in [7, 11) is 3.37. The van der Waals surface area contributed by atoms with E-state index in [1.54, 1.807) is 14.2 Å². The first-order chi connectivity index (χ1) is 8.85. The van der Waals surface area contributed by atoms with Crippen LogP contribution in [0.25, 0.3) is 0 Å². The van der Waals surface area contributed by atoms with Gasteiger partial charge in [-0.05, 0) is 35.9 Å². The smallest absolute Gasteiger partial charge is 0.164 e. The normalized spacial score (nSPS) is 13.2. The molecule has 0 amide bonds. The van der Waals surface area contributed by atoms with Crippen LogP contribution in [0, 0.1) is 0 Å². The van der Waals surface area contributed by atoms with Crippen molar-refractivity contribution < 1.29 is 9.47 Å². The number of hydrogen-bond acceptors (Lipinski definition) is 3. The maximum atomic E-state index is 5.68. The quantitative estimate of drug-likeness (QED) is 0.886. The molecule has 19 heavy (non-hydrogen) atoms. The Balaban J connectivity index is 3.40. The summed E-state index contributed by atoms with van der Waals surface area (Å²) in [5, 5.41) is 0. The van der Waals surface area contributed by atoms with Gasteiger partial charge in [0.1, 0.15) is 0 Å². The molecule has 0 saturated carbocycles. The minimum atomic E-state index is 0.0801. The van der Waals surface area contributed by atoms with E-state index >= 15 is 0 Å². The summed E-state index contributed by atoms with van der Waals surface area (Å²) >= 11 is 0. The molecule has 0 aliphatic carbocycles.